The van der Waals surface area contributed by atoms with Gasteiger partial charge in [-0.1, -0.05) is 6.42 Å². The topological polar surface area (TPSA) is 74.7 Å². The summed E-state index contributed by atoms with van der Waals surface area (Å²) in [6, 6.07) is 1.79. The molecule has 0 aromatic heterocycles. The first-order chi connectivity index (χ1) is 10.3. The van der Waals surface area contributed by atoms with Crippen molar-refractivity contribution in [2.45, 2.75) is 43.0 Å². The number of carboxylic acid groups (broad SMARTS) is 1. The van der Waals surface area contributed by atoms with Crippen molar-refractivity contribution in [1.29, 1.82) is 0 Å². The van der Waals surface area contributed by atoms with E-state index >= 15 is 0 Å². The Balaban J connectivity index is 2.32. The number of piperidine rings is 1. The molecule has 1 aliphatic heterocycles. The Bertz CT molecular complexity index is 663. The van der Waals surface area contributed by atoms with Crippen molar-refractivity contribution >= 4 is 16.0 Å². The van der Waals surface area contributed by atoms with Crippen LogP contribution >= 0.6 is 0 Å². The van der Waals surface area contributed by atoms with Crippen molar-refractivity contribution in [1.82, 2.24) is 4.31 Å². The van der Waals surface area contributed by atoms with Gasteiger partial charge in [-0.15, -0.1) is 0 Å². The van der Waals surface area contributed by atoms with E-state index in [1.54, 1.807) is 0 Å². The first-order valence-corrected chi connectivity index (χ1v) is 8.45. The fourth-order valence-corrected chi connectivity index (χ4v) is 4.47. The Kier molecular flexibility index (Phi) is 5.12. The predicted molar refractivity (Wildman–Crippen MR) is 74.8 cm³/mol. The van der Waals surface area contributed by atoms with E-state index < -0.39 is 38.6 Å². The number of halogens is 2. The first-order valence-electron chi connectivity index (χ1n) is 7.01. The Morgan fingerprint density at radius 3 is 2.73 bits per heavy atom. The third-order valence-electron chi connectivity index (χ3n) is 3.74. The van der Waals surface area contributed by atoms with Gasteiger partial charge in [0.2, 0.25) is 10.0 Å². The highest BCUT2D eigenvalue weighted by atomic mass is 32.2. The molecule has 22 heavy (non-hydrogen) atoms. The maximum Gasteiger partial charge on any atom is 0.303 e. The molecule has 0 bridgehead atoms. The van der Waals surface area contributed by atoms with Gasteiger partial charge in [0, 0.05) is 19.0 Å². The van der Waals surface area contributed by atoms with Crippen molar-refractivity contribution < 1.29 is 27.1 Å². The van der Waals surface area contributed by atoms with Crippen molar-refractivity contribution in [3.63, 3.8) is 0 Å². The molecule has 0 spiro atoms. The minimum Gasteiger partial charge on any atom is -0.481 e. The molecule has 1 aromatic rings. The fourth-order valence-electron chi connectivity index (χ4n) is 2.67. The van der Waals surface area contributed by atoms with Gasteiger partial charge >= 0.3 is 5.97 Å². The molecule has 0 amide bonds. The van der Waals surface area contributed by atoms with Crippen LogP contribution in [0.3, 0.4) is 0 Å². The van der Waals surface area contributed by atoms with Gasteiger partial charge in [-0.05, 0) is 37.5 Å². The smallest absolute Gasteiger partial charge is 0.303 e. The number of nitrogens with zero attached hydrogens (tertiary/aromatic N) is 1. The van der Waals surface area contributed by atoms with Gasteiger partial charge in [-0.25, -0.2) is 17.2 Å². The molecule has 0 aliphatic carbocycles. The molecule has 1 aliphatic rings. The van der Waals surface area contributed by atoms with Crippen LogP contribution < -0.4 is 0 Å². The van der Waals surface area contributed by atoms with Crippen LogP contribution in [-0.2, 0) is 14.8 Å². The molecular weight excluding hydrogens is 316 g/mol. The Morgan fingerprint density at radius 2 is 2.05 bits per heavy atom. The molecule has 1 N–H and O–H groups in total. The molecule has 1 saturated heterocycles. The summed E-state index contributed by atoms with van der Waals surface area (Å²) in [5.74, 6) is -2.86. The highest BCUT2D eigenvalue weighted by Gasteiger charge is 2.35. The van der Waals surface area contributed by atoms with Crippen LogP contribution in [0.1, 0.15) is 32.1 Å². The number of hydrogen-bond donors (Lipinski definition) is 1. The van der Waals surface area contributed by atoms with Gasteiger partial charge < -0.3 is 5.11 Å². The summed E-state index contributed by atoms with van der Waals surface area (Å²) >= 11 is 0. The Hall–Kier alpha value is -1.54. The quantitative estimate of drug-likeness (QED) is 0.898. The lowest BCUT2D eigenvalue weighted by atomic mass is 10.0. The monoisotopic (exact) mass is 333 g/mol. The number of carboxylic acids is 1. The zero-order chi connectivity index (χ0) is 16.3. The fraction of sp³-hybridized carbons (Fsp3) is 0.500. The normalized spacial score (nSPS) is 20.0. The molecule has 1 unspecified atom stereocenters. The number of aliphatic carboxylic acids is 1. The maximum absolute atomic E-state index is 13.8. The average molecular weight is 333 g/mol. The van der Waals surface area contributed by atoms with E-state index in [0.717, 1.165) is 22.9 Å². The van der Waals surface area contributed by atoms with Crippen LogP contribution in [0.2, 0.25) is 0 Å². The second-order valence-electron chi connectivity index (χ2n) is 5.27. The van der Waals surface area contributed by atoms with Crippen LogP contribution in [0.25, 0.3) is 0 Å². The minimum atomic E-state index is -4.19. The Labute approximate surface area is 127 Å². The highest BCUT2D eigenvalue weighted by molar-refractivity contribution is 7.89. The molecule has 5 nitrogen and oxygen atoms in total. The van der Waals surface area contributed by atoms with Crippen LogP contribution in [0.15, 0.2) is 23.1 Å². The SMILES string of the molecule is O=C(O)CCC1CCCCN1S(=O)(=O)c1cc(F)ccc1F. The Morgan fingerprint density at radius 1 is 1.32 bits per heavy atom. The summed E-state index contributed by atoms with van der Waals surface area (Å²) in [5.41, 5.74) is 0. The summed E-state index contributed by atoms with van der Waals surface area (Å²) in [5, 5.41) is 8.75. The second kappa shape index (κ2) is 6.70. The van der Waals surface area contributed by atoms with Gasteiger partial charge in [0.15, 0.2) is 0 Å². The molecule has 8 heteroatoms. The van der Waals surface area contributed by atoms with E-state index in [1.165, 1.54) is 0 Å². The van der Waals surface area contributed by atoms with Gasteiger partial charge in [-0.3, -0.25) is 4.79 Å². The van der Waals surface area contributed by atoms with E-state index in [9.17, 15) is 22.0 Å². The lowest BCUT2D eigenvalue weighted by Gasteiger charge is -2.34. The third kappa shape index (κ3) is 3.61. The van der Waals surface area contributed by atoms with E-state index in [4.69, 9.17) is 5.11 Å². The van der Waals surface area contributed by atoms with Crippen LogP contribution in [0.4, 0.5) is 8.78 Å². The zero-order valence-electron chi connectivity index (χ0n) is 11.8. The summed E-state index contributed by atoms with van der Waals surface area (Å²) < 4.78 is 53.3. The van der Waals surface area contributed by atoms with Crippen LogP contribution in [0.5, 0.6) is 0 Å². The molecule has 0 radical (unpaired) electrons. The number of benzene rings is 1. The summed E-state index contributed by atoms with van der Waals surface area (Å²) in [6.07, 6.45) is 1.90. The van der Waals surface area contributed by atoms with Crippen molar-refractivity contribution in [2.24, 2.45) is 0 Å². The first kappa shape index (κ1) is 16.8. The molecule has 1 aromatic carbocycles. The number of carbonyl (C=O) groups is 1. The molecule has 122 valence electrons. The van der Waals surface area contributed by atoms with E-state index in [2.05, 4.69) is 0 Å². The average Bonchev–Trinajstić information content (AvgIpc) is 2.47. The van der Waals surface area contributed by atoms with Crippen molar-refractivity contribution in [2.75, 3.05) is 6.54 Å². The van der Waals surface area contributed by atoms with E-state index in [0.29, 0.717) is 18.9 Å². The lowest BCUT2D eigenvalue weighted by molar-refractivity contribution is -0.137. The molecule has 2 rings (SSSR count). The largest absolute Gasteiger partial charge is 0.481 e. The number of rotatable bonds is 5. The molecule has 0 saturated carbocycles. The summed E-state index contributed by atoms with van der Waals surface area (Å²) in [7, 11) is -4.19. The minimum absolute atomic E-state index is 0.158. The van der Waals surface area contributed by atoms with Gasteiger partial charge in [-0.2, -0.15) is 4.31 Å². The van der Waals surface area contributed by atoms with Crippen LogP contribution in [0, 0.1) is 11.6 Å². The molecule has 1 heterocycles. The van der Waals surface area contributed by atoms with Gasteiger partial charge in [0.25, 0.3) is 0 Å². The predicted octanol–water partition coefficient (Wildman–Crippen LogP) is 2.37. The molecule has 1 fully saturated rings. The summed E-state index contributed by atoms with van der Waals surface area (Å²) in [4.78, 5) is 9.99. The van der Waals surface area contributed by atoms with E-state index in [1.807, 2.05) is 0 Å². The van der Waals surface area contributed by atoms with Crippen molar-refractivity contribution in [3.8, 4) is 0 Å². The van der Waals surface area contributed by atoms with Gasteiger partial charge in [0.05, 0.1) is 0 Å². The standard InChI is InChI=1S/C14H17F2NO4S/c15-10-4-6-12(16)13(9-10)22(20,21)17-8-2-1-3-11(17)5-7-14(18)19/h4,6,9,11H,1-3,5,7-8H2,(H,18,19). The molecule has 1 atom stereocenters. The highest BCUT2D eigenvalue weighted by Crippen LogP contribution is 2.29. The summed E-state index contributed by atoms with van der Waals surface area (Å²) in [6.45, 7) is 0.183. The number of sulfonamides is 1. The molecular formula is C14H17F2NO4S. The zero-order valence-corrected chi connectivity index (χ0v) is 12.7. The van der Waals surface area contributed by atoms with Crippen LogP contribution in [-0.4, -0.2) is 36.4 Å². The lowest BCUT2D eigenvalue weighted by Crippen LogP contribution is -2.44. The maximum atomic E-state index is 13.8. The van der Waals surface area contributed by atoms with E-state index in [-0.39, 0.29) is 19.4 Å². The number of hydrogen-bond acceptors (Lipinski definition) is 3. The van der Waals surface area contributed by atoms with Gasteiger partial charge in [0.1, 0.15) is 16.5 Å². The van der Waals surface area contributed by atoms with Crippen molar-refractivity contribution in [3.05, 3.63) is 29.8 Å². The third-order valence-corrected chi connectivity index (χ3v) is 5.71. The second-order valence-corrected chi connectivity index (χ2v) is 7.13.